The van der Waals surface area contributed by atoms with E-state index < -0.39 is 12.0 Å². The van der Waals surface area contributed by atoms with Gasteiger partial charge in [-0.25, -0.2) is 9.59 Å². The molecule has 0 aliphatic rings. The fraction of sp³-hybridized carbons (Fsp3) is 0.0714. The molecule has 21 heavy (non-hydrogen) atoms. The summed E-state index contributed by atoms with van der Waals surface area (Å²) in [6.45, 7) is 1.84. The molecule has 0 bridgehead atoms. The van der Waals surface area contributed by atoms with Crippen molar-refractivity contribution in [1.82, 2.24) is 4.98 Å². The molecule has 2 amide bonds. The molecule has 7 heteroatoms. The highest BCUT2D eigenvalue weighted by Crippen LogP contribution is 2.23. The first-order valence-corrected chi connectivity index (χ1v) is 6.36. The number of rotatable bonds is 3. The third kappa shape index (κ3) is 3.70. The van der Waals surface area contributed by atoms with Crippen molar-refractivity contribution in [2.45, 2.75) is 6.92 Å². The Morgan fingerprint density at radius 2 is 1.90 bits per heavy atom. The molecule has 0 aliphatic heterocycles. The number of aryl methyl sites for hydroxylation is 1. The zero-order valence-electron chi connectivity index (χ0n) is 11.1. The Morgan fingerprint density at radius 1 is 1.19 bits per heavy atom. The minimum absolute atomic E-state index is 0.0501. The van der Waals surface area contributed by atoms with Gasteiger partial charge in [0.1, 0.15) is 0 Å². The van der Waals surface area contributed by atoms with Crippen LogP contribution in [0.3, 0.4) is 0 Å². The van der Waals surface area contributed by atoms with E-state index in [-0.39, 0.29) is 10.6 Å². The fourth-order valence-electron chi connectivity index (χ4n) is 1.62. The van der Waals surface area contributed by atoms with Gasteiger partial charge in [-0.2, -0.15) is 0 Å². The van der Waals surface area contributed by atoms with E-state index in [1.807, 2.05) is 6.92 Å². The van der Waals surface area contributed by atoms with E-state index in [0.717, 1.165) is 5.56 Å². The summed E-state index contributed by atoms with van der Waals surface area (Å²) in [5, 5.41) is 14.2. The number of carboxylic acids is 1. The van der Waals surface area contributed by atoms with Gasteiger partial charge in [-0.15, -0.1) is 0 Å². The Hall–Kier alpha value is -2.60. The predicted molar refractivity (Wildman–Crippen MR) is 80.0 cm³/mol. The topological polar surface area (TPSA) is 91.3 Å². The molecule has 6 nitrogen and oxygen atoms in total. The number of anilines is 2. The van der Waals surface area contributed by atoms with Crippen LogP contribution >= 0.6 is 11.6 Å². The van der Waals surface area contributed by atoms with Crippen LogP contribution in [-0.2, 0) is 0 Å². The normalized spacial score (nSPS) is 10.0. The van der Waals surface area contributed by atoms with Crippen LogP contribution in [-0.4, -0.2) is 22.1 Å². The second kappa shape index (κ2) is 6.23. The third-order valence-corrected chi connectivity index (χ3v) is 3.06. The summed E-state index contributed by atoms with van der Waals surface area (Å²) in [6.07, 6.45) is 3.16. The molecule has 0 fully saturated rings. The molecule has 1 aromatic carbocycles. The molecule has 0 unspecified atom stereocenters. The van der Waals surface area contributed by atoms with Gasteiger partial charge in [0.2, 0.25) is 0 Å². The summed E-state index contributed by atoms with van der Waals surface area (Å²) >= 11 is 5.93. The summed E-state index contributed by atoms with van der Waals surface area (Å²) in [5.41, 5.74) is 1.82. The lowest BCUT2D eigenvalue weighted by atomic mass is 10.2. The second-order valence-corrected chi connectivity index (χ2v) is 4.68. The van der Waals surface area contributed by atoms with E-state index in [1.165, 1.54) is 24.4 Å². The van der Waals surface area contributed by atoms with Crippen LogP contribution in [0.1, 0.15) is 15.9 Å². The lowest BCUT2D eigenvalue weighted by Gasteiger charge is -2.10. The number of nitrogens with zero attached hydrogens (tertiary/aromatic N) is 1. The molecule has 1 heterocycles. The van der Waals surface area contributed by atoms with Crippen molar-refractivity contribution in [3.05, 3.63) is 52.8 Å². The minimum Gasteiger partial charge on any atom is -0.478 e. The van der Waals surface area contributed by atoms with Gasteiger partial charge in [0.05, 0.1) is 28.2 Å². The largest absolute Gasteiger partial charge is 0.478 e. The van der Waals surface area contributed by atoms with E-state index in [9.17, 15) is 9.59 Å². The van der Waals surface area contributed by atoms with Crippen LogP contribution in [0, 0.1) is 6.92 Å². The van der Waals surface area contributed by atoms with Gasteiger partial charge in [0.15, 0.2) is 0 Å². The smallest absolute Gasteiger partial charge is 0.335 e. The average Bonchev–Trinajstić information content (AvgIpc) is 2.43. The van der Waals surface area contributed by atoms with E-state index in [1.54, 1.807) is 12.3 Å². The molecule has 108 valence electrons. The first-order chi connectivity index (χ1) is 9.97. The number of benzene rings is 1. The Morgan fingerprint density at radius 3 is 2.52 bits per heavy atom. The highest BCUT2D eigenvalue weighted by Gasteiger charge is 2.10. The Kier molecular flexibility index (Phi) is 4.39. The molecule has 0 spiro atoms. The van der Waals surface area contributed by atoms with Crippen molar-refractivity contribution in [1.29, 1.82) is 0 Å². The van der Waals surface area contributed by atoms with E-state index in [4.69, 9.17) is 16.7 Å². The highest BCUT2D eigenvalue weighted by molar-refractivity contribution is 6.34. The van der Waals surface area contributed by atoms with Gasteiger partial charge in [-0.3, -0.25) is 4.98 Å². The van der Waals surface area contributed by atoms with Crippen molar-refractivity contribution >= 4 is 35.0 Å². The molecule has 0 aliphatic carbocycles. The Balaban J connectivity index is 2.10. The van der Waals surface area contributed by atoms with Crippen LogP contribution in [0.2, 0.25) is 5.02 Å². The lowest BCUT2D eigenvalue weighted by Crippen LogP contribution is -2.20. The number of urea groups is 1. The molecule has 0 atom stereocenters. The van der Waals surface area contributed by atoms with Gasteiger partial charge in [0.25, 0.3) is 0 Å². The summed E-state index contributed by atoms with van der Waals surface area (Å²) < 4.78 is 0. The number of aromatic nitrogens is 1. The fourth-order valence-corrected chi connectivity index (χ4v) is 1.85. The summed E-state index contributed by atoms with van der Waals surface area (Å²) in [5.74, 6) is -1.08. The Bertz CT molecular complexity index is 704. The van der Waals surface area contributed by atoms with Crippen LogP contribution in [0.5, 0.6) is 0 Å². The number of hydrogen-bond acceptors (Lipinski definition) is 3. The molecular weight excluding hydrogens is 294 g/mol. The average molecular weight is 306 g/mol. The van der Waals surface area contributed by atoms with Crippen LogP contribution < -0.4 is 10.6 Å². The first kappa shape index (κ1) is 14.8. The SMILES string of the molecule is Cc1ccncc1NC(=O)Nc1ccc(C(=O)O)cc1Cl. The van der Waals surface area contributed by atoms with Crippen molar-refractivity contribution < 1.29 is 14.7 Å². The van der Waals surface area contributed by atoms with Gasteiger partial charge < -0.3 is 15.7 Å². The number of carboxylic acid groups (broad SMARTS) is 1. The molecular formula is C14H12ClN3O3. The van der Waals surface area contributed by atoms with E-state index in [2.05, 4.69) is 15.6 Å². The third-order valence-electron chi connectivity index (χ3n) is 2.75. The van der Waals surface area contributed by atoms with Gasteiger partial charge >= 0.3 is 12.0 Å². The highest BCUT2D eigenvalue weighted by atomic mass is 35.5. The van der Waals surface area contributed by atoms with E-state index >= 15 is 0 Å². The zero-order chi connectivity index (χ0) is 15.4. The molecule has 1 aromatic heterocycles. The first-order valence-electron chi connectivity index (χ1n) is 5.99. The summed E-state index contributed by atoms with van der Waals surface area (Å²) in [6, 6.07) is 5.34. The molecule has 2 aromatic rings. The van der Waals surface area contributed by atoms with Gasteiger partial charge in [0, 0.05) is 6.20 Å². The lowest BCUT2D eigenvalue weighted by molar-refractivity contribution is 0.0697. The maximum absolute atomic E-state index is 11.9. The standard InChI is InChI=1S/C14H12ClN3O3/c1-8-4-5-16-7-12(8)18-14(21)17-11-3-2-9(13(19)20)6-10(11)15/h2-7H,1H3,(H,19,20)(H2,17,18,21). The minimum atomic E-state index is -1.08. The number of carbonyl (C=O) groups excluding carboxylic acids is 1. The number of nitrogens with one attached hydrogen (secondary N) is 2. The quantitative estimate of drug-likeness (QED) is 0.810. The van der Waals surface area contributed by atoms with Gasteiger partial charge in [-0.05, 0) is 36.8 Å². The zero-order valence-corrected chi connectivity index (χ0v) is 11.8. The number of halogens is 1. The van der Waals surface area contributed by atoms with Gasteiger partial charge in [-0.1, -0.05) is 11.6 Å². The number of aromatic carboxylic acids is 1. The number of carbonyl (C=O) groups is 2. The second-order valence-electron chi connectivity index (χ2n) is 4.27. The van der Waals surface area contributed by atoms with Crippen molar-refractivity contribution in [2.75, 3.05) is 10.6 Å². The summed E-state index contributed by atoms with van der Waals surface area (Å²) in [7, 11) is 0. The molecule has 0 radical (unpaired) electrons. The molecule has 3 N–H and O–H groups in total. The van der Waals surface area contributed by atoms with Crippen LogP contribution in [0.15, 0.2) is 36.7 Å². The number of hydrogen-bond donors (Lipinski definition) is 3. The van der Waals surface area contributed by atoms with E-state index in [0.29, 0.717) is 11.4 Å². The Labute approximate surface area is 125 Å². The van der Waals surface area contributed by atoms with Crippen LogP contribution in [0.25, 0.3) is 0 Å². The predicted octanol–water partition coefficient (Wildman–Crippen LogP) is 3.39. The maximum Gasteiger partial charge on any atom is 0.335 e. The molecule has 0 saturated carbocycles. The van der Waals surface area contributed by atoms with Crippen molar-refractivity contribution in [3.8, 4) is 0 Å². The number of pyridine rings is 1. The number of amides is 2. The molecule has 0 saturated heterocycles. The molecule has 2 rings (SSSR count). The monoisotopic (exact) mass is 305 g/mol. The van der Waals surface area contributed by atoms with Crippen molar-refractivity contribution in [2.24, 2.45) is 0 Å². The van der Waals surface area contributed by atoms with Crippen molar-refractivity contribution in [3.63, 3.8) is 0 Å². The maximum atomic E-state index is 11.9. The van der Waals surface area contributed by atoms with Crippen LogP contribution in [0.4, 0.5) is 16.2 Å². The summed E-state index contributed by atoms with van der Waals surface area (Å²) in [4.78, 5) is 26.6.